The van der Waals surface area contributed by atoms with Gasteiger partial charge in [-0.1, -0.05) is 141 Å². The van der Waals surface area contributed by atoms with E-state index in [0.717, 1.165) is 25.7 Å². The number of hydrogen-bond acceptors (Lipinski definition) is 4. The summed E-state index contributed by atoms with van der Waals surface area (Å²) in [6, 6.07) is 0. The molecule has 0 aromatic carbocycles. The molecule has 0 aromatic heterocycles. The van der Waals surface area contributed by atoms with Crippen LogP contribution in [0.3, 0.4) is 0 Å². The highest BCUT2D eigenvalue weighted by molar-refractivity contribution is 5.66. The van der Waals surface area contributed by atoms with Gasteiger partial charge in [0.05, 0.1) is 13.2 Å². The van der Waals surface area contributed by atoms with Crippen molar-refractivity contribution in [2.24, 2.45) is 0 Å². The molecule has 0 bridgehead atoms. The maximum Gasteiger partial charge on any atom is 0.303 e. The molecule has 0 aliphatic carbocycles. The lowest BCUT2D eigenvalue weighted by Crippen LogP contribution is -1.93. The summed E-state index contributed by atoms with van der Waals surface area (Å²) >= 11 is 0. The average Bonchev–Trinajstić information content (AvgIpc) is 3.01. The first kappa shape index (κ1) is 46.8. The Morgan fingerprint density at radius 3 is 0.841 bits per heavy atom. The Morgan fingerprint density at radius 1 is 0.386 bits per heavy atom. The van der Waals surface area contributed by atoms with Crippen molar-refractivity contribution in [3.05, 3.63) is 24.3 Å². The van der Waals surface area contributed by atoms with Crippen LogP contribution in [0.5, 0.6) is 0 Å². The van der Waals surface area contributed by atoms with E-state index in [1.54, 1.807) is 0 Å². The fourth-order valence-corrected chi connectivity index (χ4v) is 4.69. The Hall–Kier alpha value is -1.66. The number of allylic oxidation sites excluding steroid dienone is 4. The number of carbonyl (C=O) groups is 2. The second-order valence-corrected chi connectivity index (χ2v) is 11.9. The van der Waals surface area contributed by atoms with Crippen LogP contribution in [-0.2, 0) is 9.59 Å². The molecule has 6 heteroatoms. The fourth-order valence-electron chi connectivity index (χ4n) is 4.69. The number of rotatable bonds is 31. The number of unbranched alkanes of at least 4 members (excludes halogenated alkanes) is 22. The molecule has 0 aliphatic heterocycles. The average molecular weight is 627 g/mol. The summed E-state index contributed by atoms with van der Waals surface area (Å²) in [5.41, 5.74) is 0. The Kier molecular flexibility index (Phi) is 48.6. The van der Waals surface area contributed by atoms with Crippen molar-refractivity contribution in [3.8, 4) is 0 Å². The van der Waals surface area contributed by atoms with Gasteiger partial charge in [0, 0.05) is 12.8 Å². The zero-order valence-electron chi connectivity index (χ0n) is 29.1. The molecule has 4 N–H and O–H groups in total. The molecule has 6 nitrogen and oxygen atoms in total. The van der Waals surface area contributed by atoms with Gasteiger partial charge in [-0.05, 0) is 64.2 Å². The molecule has 0 unspecified atom stereocenters. The molecule has 44 heavy (non-hydrogen) atoms. The van der Waals surface area contributed by atoms with Crippen molar-refractivity contribution in [1.82, 2.24) is 0 Å². The number of aliphatic carboxylic acids is 2. The molecule has 0 heterocycles. The minimum Gasteiger partial charge on any atom is -0.481 e. The van der Waals surface area contributed by atoms with E-state index in [0.29, 0.717) is 12.8 Å². The van der Waals surface area contributed by atoms with Gasteiger partial charge in [0.1, 0.15) is 0 Å². The van der Waals surface area contributed by atoms with Crippen molar-refractivity contribution < 1.29 is 30.0 Å². The van der Waals surface area contributed by atoms with Crippen molar-refractivity contribution in [2.45, 2.75) is 194 Å². The van der Waals surface area contributed by atoms with Gasteiger partial charge < -0.3 is 20.4 Å². The van der Waals surface area contributed by atoms with E-state index in [9.17, 15) is 9.59 Å². The molecule has 0 saturated carbocycles. The number of hydrogen-bond donors (Lipinski definition) is 4. The van der Waals surface area contributed by atoms with Crippen molar-refractivity contribution >= 4 is 11.9 Å². The normalized spacial score (nSPS) is 10.9. The van der Waals surface area contributed by atoms with Crippen LogP contribution < -0.4 is 0 Å². The SMILES string of the molecule is CCCCCCCCC=CCCCCCCCC(=O)O.CCCCCCCCC=CCCCCCCCC(=O)O.OCCO. The summed E-state index contributed by atoms with van der Waals surface area (Å²) in [5, 5.41) is 32.3. The molecule has 0 aromatic rings. The van der Waals surface area contributed by atoms with E-state index in [4.69, 9.17) is 20.4 Å². The van der Waals surface area contributed by atoms with E-state index in [1.165, 1.54) is 141 Å². The van der Waals surface area contributed by atoms with Gasteiger partial charge in [0.25, 0.3) is 0 Å². The molecule has 0 radical (unpaired) electrons. The second-order valence-electron chi connectivity index (χ2n) is 11.9. The minimum atomic E-state index is -0.664. The Balaban J connectivity index is -0.000000680. The van der Waals surface area contributed by atoms with Gasteiger partial charge in [-0.2, -0.15) is 0 Å². The third kappa shape index (κ3) is 56.2. The number of aliphatic hydroxyl groups excluding tert-OH is 2. The third-order valence-corrected chi connectivity index (χ3v) is 7.40. The van der Waals surface area contributed by atoms with Gasteiger partial charge in [0.15, 0.2) is 0 Å². The molecular formula is C38H74O6. The van der Waals surface area contributed by atoms with Crippen LogP contribution in [0.4, 0.5) is 0 Å². The largest absolute Gasteiger partial charge is 0.481 e. The summed E-state index contributed by atoms with van der Waals surface area (Å²) in [6.07, 6.45) is 42.5. The van der Waals surface area contributed by atoms with Crippen LogP contribution in [0.25, 0.3) is 0 Å². The molecule has 0 fully saturated rings. The van der Waals surface area contributed by atoms with Crippen molar-refractivity contribution in [1.29, 1.82) is 0 Å². The molecule has 0 rings (SSSR count). The van der Waals surface area contributed by atoms with Crippen LogP contribution in [0.15, 0.2) is 24.3 Å². The van der Waals surface area contributed by atoms with Crippen LogP contribution in [0.1, 0.15) is 194 Å². The number of carboxylic acid groups (broad SMARTS) is 2. The lowest BCUT2D eigenvalue weighted by atomic mass is 10.1. The first-order chi connectivity index (χ1) is 21.5. The van der Waals surface area contributed by atoms with E-state index in [2.05, 4.69) is 38.2 Å². The Labute approximate surface area is 272 Å². The Morgan fingerprint density at radius 2 is 0.614 bits per heavy atom. The lowest BCUT2D eigenvalue weighted by Gasteiger charge is -1.99. The molecule has 0 saturated heterocycles. The quantitative estimate of drug-likeness (QED) is 0.0449. The zero-order valence-corrected chi connectivity index (χ0v) is 29.1. The highest BCUT2D eigenvalue weighted by atomic mass is 16.4. The molecule has 0 aliphatic rings. The second kappa shape index (κ2) is 45.8. The summed E-state index contributed by atoms with van der Waals surface area (Å²) in [4.78, 5) is 20.6. The first-order valence-corrected chi connectivity index (χ1v) is 18.4. The fraction of sp³-hybridized carbons (Fsp3) is 0.842. The van der Waals surface area contributed by atoms with Gasteiger partial charge in [-0.3, -0.25) is 9.59 Å². The lowest BCUT2D eigenvalue weighted by molar-refractivity contribution is -0.138. The van der Waals surface area contributed by atoms with Gasteiger partial charge in [-0.25, -0.2) is 0 Å². The Bertz CT molecular complexity index is 550. The first-order valence-electron chi connectivity index (χ1n) is 18.4. The van der Waals surface area contributed by atoms with Gasteiger partial charge in [-0.15, -0.1) is 0 Å². The number of carboxylic acids is 2. The topological polar surface area (TPSA) is 115 Å². The minimum absolute atomic E-state index is 0.125. The molecule has 0 atom stereocenters. The van der Waals surface area contributed by atoms with Crippen molar-refractivity contribution in [2.75, 3.05) is 13.2 Å². The summed E-state index contributed by atoms with van der Waals surface area (Å²) in [6.45, 7) is 4.27. The molecule has 262 valence electrons. The maximum atomic E-state index is 10.3. The standard InChI is InChI=1S/2C18H34O2.C2H6O2/c2*1-2-3-4-5-6-7-8-9-10-11-12-13-14-15-16-17-18(19)20;3-1-2-4/h2*9-10H,2-8,11-17H2,1H3,(H,19,20);3-4H,1-2H2. The van der Waals surface area contributed by atoms with Crippen LogP contribution in [0.2, 0.25) is 0 Å². The van der Waals surface area contributed by atoms with E-state index in [-0.39, 0.29) is 13.2 Å². The van der Waals surface area contributed by atoms with Crippen molar-refractivity contribution in [3.63, 3.8) is 0 Å². The monoisotopic (exact) mass is 627 g/mol. The zero-order chi connectivity index (χ0) is 33.2. The smallest absolute Gasteiger partial charge is 0.303 e. The van der Waals surface area contributed by atoms with E-state index in [1.807, 2.05) is 0 Å². The highest BCUT2D eigenvalue weighted by Crippen LogP contribution is 2.11. The van der Waals surface area contributed by atoms with E-state index >= 15 is 0 Å². The van der Waals surface area contributed by atoms with Crippen LogP contribution in [0, 0.1) is 0 Å². The van der Waals surface area contributed by atoms with Crippen LogP contribution in [-0.4, -0.2) is 45.6 Å². The molecule has 0 spiro atoms. The van der Waals surface area contributed by atoms with Crippen LogP contribution >= 0.6 is 0 Å². The highest BCUT2D eigenvalue weighted by Gasteiger charge is 1.97. The number of aliphatic hydroxyl groups is 2. The van der Waals surface area contributed by atoms with Gasteiger partial charge >= 0.3 is 11.9 Å². The summed E-state index contributed by atoms with van der Waals surface area (Å²) < 4.78 is 0. The third-order valence-electron chi connectivity index (χ3n) is 7.40. The molecular weight excluding hydrogens is 552 g/mol. The molecule has 0 amide bonds. The van der Waals surface area contributed by atoms with Gasteiger partial charge in [0.2, 0.25) is 0 Å². The maximum absolute atomic E-state index is 10.3. The summed E-state index contributed by atoms with van der Waals surface area (Å²) in [7, 11) is 0. The van der Waals surface area contributed by atoms with E-state index < -0.39 is 11.9 Å². The predicted molar refractivity (Wildman–Crippen MR) is 188 cm³/mol. The summed E-state index contributed by atoms with van der Waals surface area (Å²) in [5.74, 6) is -1.33. The predicted octanol–water partition coefficient (Wildman–Crippen LogP) is 11.2.